The van der Waals surface area contributed by atoms with E-state index in [1.54, 1.807) is 13.8 Å². The van der Waals surface area contributed by atoms with Crippen LogP contribution in [0, 0.1) is 17.3 Å². The maximum absolute atomic E-state index is 12.6. The molecule has 0 aromatic carbocycles. The van der Waals surface area contributed by atoms with Crippen molar-refractivity contribution in [3.63, 3.8) is 0 Å². The largest absolute Gasteiger partial charge is 0.465 e. The van der Waals surface area contributed by atoms with Crippen LogP contribution < -0.4 is 0 Å². The van der Waals surface area contributed by atoms with E-state index in [4.69, 9.17) is 14.2 Å². The lowest BCUT2D eigenvalue weighted by atomic mass is 9.79. The van der Waals surface area contributed by atoms with Crippen molar-refractivity contribution in [1.29, 1.82) is 0 Å². The van der Waals surface area contributed by atoms with E-state index in [9.17, 15) is 9.59 Å². The summed E-state index contributed by atoms with van der Waals surface area (Å²) in [6.45, 7) is 4.78. The van der Waals surface area contributed by atoms with Gasteiger partial charge in [0.2, 0.25) is 0 Å². The number of hydrogen-bond acceptors (Lipinski definition) is 5. The van der Waals surface area contributed by atoms with Gasteiger partial charge in [0, 0.05) is 0 Å². The van der Waals surface area contributed by atoms with Crippen LogP contribution in [0.3, 0.4) is 0 Å². The Morgan fingerprint density at radius 2 is 1.64 bits per heavy atom. The average Bonchev–Trinajstić information content (AvgIpc) is 3.18. The zero-order valence-corrected chi connectivity index (χ0v) is 13.6. The van der Waals surface area contributed by atoms with Gasteiger partial charge >= 0.3 is 11.9 Å². The molecular weight excluding hydrogens is 284 g/mol. The highest BCUT2D eigenvalue weighted by Gasteiger charge is 2.65. The first-order chi connectivity index (χ1) is 10.6. The minimum absolute atomic E-state index is 0.106. The maximum Gasteiger partial charge on any atom is 0.323 e. The summed E-state index contributed by atoms with van der Waals surface area (Å²) in [4.78, 5) is 25.1. The number of carbonyl (C=O) groups excluding carboxylic acids is 2. The second kappa shape index (κ2) is 5.84. The molecule has 124 valence electrons. The van der Waals surface area contributed by atoms with Gasteiger partial charge in [0.15, 0.2) is 5.41 Å². The summed E-state index contributed by atoms with van der Waals surface area (Å²) in [7, 11) is 0. The van der Waals surface area contributed by atoms with E-state index in [0.29, 0.717) is 19.4 Å². The summed E-state index contributed by atoms with van der Waals surface area (Å²) in [6.07, 6.45) is 5.49. The Kier molecular flexibility index (Phi) is 4.19. The minimum Gasteiger partial charge on any atom is -0.465 e. The Labute approximate surface area is 131 Å². The average molecular weight is 310 g/mol. The molecular formula is C17H26O5. The molecule has 0 aromatic rings. The van der Waals surface area contributed by atoms with Crippen molar-refractivity contribution < 1.29 is 23.8 Å². The first kappa shape index (κ1) is 15.8. The van der Waals surface area contributed by atoms with Gasteiger partial charge in [-0.2, -0.15) is 0 Å². The Hall–Kier alpha value is -1.10. The van der Waals surface area contributed by atoms with Crippen LogP contribution in [0.15, 0.2) is 0 Å². The lowest BCUT2D eigenvalue weighted by molar-refractivity contribution is -0.173. The molecule has 0 unspecified atom stereocenters. The van der Waals surface area contributed by atoms with Crippen LogP contribution in [0.25, 0.3) is 0 Å². The van der Waals surface area contributed by atoms with Crippen LogP contribution in [0.1, 0.15) is 52.4 Å². The lowest BCUT2D eigenvalue weighted by Gasteiger charge is -2.32. The first-order valence-electron chi connectivity index (χ1n) is 8.56. The summed E-state index contributed by atoms with van der Waals surface area (Å²) in [5.41, 5.74) is -1.22. The predicted molar refractivity (Wildman–Crippen MR) is 79.1 cm³/mol. The number of rotatable bonds is 4. The second-order valence-electron chi connectivity index (χ2n) is 6.88. The molecule has 3 fully saturated rings. The van der Waals surface area contributed by atoms with E-state index in [2.05, 4.69) is 0 Å². The van der Waals surface area contributed by atoms with Crippen molar-refractivity contribution in [2.45, 2.75) is 58.0 Å². The van der Waals surface area contributed by atoms with Crippen molar-refractivity contribution in [3.8, 4) is 0 Å². The molecule has 1 aliphatic heterocycles. The third-order valence-corrected chi connectivity index (χ3v) is 5.79. The van der Waals surface area contributed by atoms with Gasteiger partial charge in [0.1, 0.15) is 0 Å². The van der Waals surface area contributed by atoms with Crippen molar-refractivity contribution in [1.82, 2.24) is 0 Å². The molecule has 2 atom stereocenters. The molecule has 0 amide bonds. The van der Waals surface area contributed by atoms with E-state index >= 15 is 0 Å². The molecule has 1 spiro atoms. The second-order valence-corrected chi connectivity index (χ2v) is 6.88. The van der Waals surface area contributed by atoms with Crippen LogP contribution in [0.2, 0.25) is 0 Å². The Balaban J connectivity index is 1.86. The molecule has 0 radical (unpaired) electrons. The number of hydrogen-bond donors (Lipinski definition) is 0. The van der Waals surface area contributed by atoms with Crippen molar-refractivity contribution >= 4 is 11.9 Å². The first-order valence-corrected chi connectivity index (χ1v) is 8.56. The fraction of sp³-hybridized carbons (Fsp3) is 0.882. The van der Waals surface area contributed by atoms with Crippen LogP contribution in [-0.2, 0) is 23.8 Å². The molecule has 0 aromatic heterocycles. The summed E-state index contributed by atoms with van der Waals surface area (Å²) in [5, 5.41) is 0. The Morgan fingerprint density at radius 3 is 2.18 bits per heavy atom. The van der Waals surface area contributed by atoms with Gasteiger partial charge in [0.25, 0.3) is 0 Å². The number of esters is 2. The van der Waals surface area contributed by atoms with Gasteiger partial charge in [-0.25, -0.2) is 0 Å². The van der Waals surface area contributed by atoms with Crippen molar-refractivity contribution in [3.05, 3.63) is 0 Å². The standard InChI is InChI=1S/C17H26O5/c1-3-20-14(18)16(15(19)21-4-2)9-12-11-22-17(13(12)10-16)7-5-6-8-17/h12-13H,3-11H2,1-2H3/t12-,13-/m0/s1. The SMILES string of the molecule is CCOC(=O)C1(C(=O)OCC)C[C@H]2COC3(CCCC3)[C@H]2C1. The molecule has 1 heterocycles. The minimum atomic E-state index is -1.11. The van der Waals surface area contributed by atoms with E-state index in [-0.39, 0.29) is 30.7 Å². The predicted octanol–water partition coefficient (Wildman–Crippen LogP) is 2.47. The zero-order valence-electron chi connectivity index (χ0n) is 13.6. The lowest BCUT2D eigenvalue weighted by Crippen LogP contribution is -2.42. The highest BCUT2D eigenvalue weighted by atomic mass is 16.6. The molecule has 3 aliphatic rings. The van der Waals surface area contributed by atoms with Gasteiger partial charge in [-0.15, -0.1) is 0 Å². The molecule has 3 rings (SSSR count). The topological polar surface area (TPSA) is 61.8 Å². The quantitative estimate of drug-likeness (QED) is 0.589. The molecule has 1 saturated heterocycles. The molecule has 2 saturated carbocycles. The third kappa shape index (κ3) is 2.25. The van der Waals surface area contributed by atoms with Crippen LogP contribution in [-0.4, -0.2) is 37.4 Å². The maximum atomic E-state index is 12.6. The van der Waals surface area contributed by atoms with E-state index in [1.165, 1.54) is 12.8 Å². The number of carbonyl (C=O) groups is 2. The summed E-state index contributed by atoms with van der Waals surface area (Å²) in [5.74, 6) is -0.261. The fourth-order valence-electron chi connectivity index (χ4n) is 4.83. The van der Waals surface area contributed by atoms with Crippen LogP contribution in [0.5, 0.6) is 0 Å². The van der Waals surface area contributed by atoms with Crippen molar-refractivity contribution in [2.75, 3.05) is 19.8 Å². The van der Waals surface area contributed by atoms with E-state index in [1.807, 2.05) is 0 Å². The molecule has 0 bridgehead atoms. The van der Waals surface area contributed by atoms with Crippen LogP contribution >= 0.6 is 0 Å². The van der Waals surface area contributed by atoms with E-state index < -0.39 is 17.4 Å². The summed E-state index contributed by atoms with van der Waals surface area (Å²) >= 11 is 0. The number of fused-ring (bicyclic) bond motifs is 2. The highest BCUT2D eigenvalue weighted by molar-refractivity contribution is 6.00. The normalized spacial score (nSPS) is 31.2. The monoisotopic (exact) mass is 310 g/mol. The van der Waals surface area contributed by atoms with Gasteiger partial charge in [0.05, 0.1) is 25.4 Å². The Bertz CT molecular complexity index is 434. The zero-order chi connectivity index (χ0) is 15.8. The van der Waals surface area contributed by atoms with Crippen LogP contribution in [0.4, 0.5) is 0 Å². The van der Waals surface area contributed by atoms with Gasteiger partial charge < -0.3 is 14.2 Å². The van der Waals surface area contributed by atoms with Gasteiger partial charge in [-0.1, -0.05) is 12.8 Å². The van der Waals surface area contributed by atoms with E-state index in [0.717, 1.165) is 12.8 Å². The molecule has 22 heavy (non-hydrogen) atoms. The Morgan fingerprint density at radius 1 is 1.05 bits per heavy atom. The highest BCUT2D eigenvalue weighted by Crippen LogP contribution is 2.59. The molecule has 0 N–H and O–H groups in total. The summed E-state index contributed by atoms with van der Waals surface area (Å²) < 4.78 is 16.6. The van der Waals surface area contributed by atoms with Crippen molar-refractivity contribution in [2.24, 2.45) is 17.3 Å². The fourth-order valence-corrected chi connectivity index (χ4v) is 4.83. The summed E-state index contributed by atoms with van der Waals surface area (Å²) in [6, 6.07) is 0. The molecule has 2 aliphatic carbocycles. The third-order valence-electron chi connectivity index (χ3n) is 5.79. The molecule has 5 heteroatoms. The smallest absolute Gasteiger partial charge is 0.323 e. The van der Waals surface area contributed by atoms with Gasteiger partial charge in [-0.3, -0.25) is 9.59 Å². The molecule has 5 nitrogen and oxygen atoms in total. The van der Waals surface area contributed by atoms with Gasteiger partial charge in [-0.05, 0) is 51.4 Å². The number of ether oxygens (including phenoxy) is 3.